The molecule has 102 valence electrons. The molecule has 2 aromatic rings. The molecule has 0 N–H and O–H groups in total. The number of nitrogens with zero attached hydrogens (tertiary/aromatic N) is 2. The largest absolute Gasteiger partial charge is 0.457 e. The SMILES string of the molecule is CC(=O)Cc1ccc(Oc2ccc(C#N)c(C#N)c2)cc1. The molecule has 0 unspecified atom stereocenters. The molecule has 0 aliphatic rings. The highest BCUT2D eigenvalue weighted by atomic mass is 16.5. The average Bonchev–Trinajstić information content (AvgIpc) is 2.48. The minimum absolute atomic E-state index is 0.106. The fourth-order valence-electron chi connectivity index (χ4n) is 1.88. The second-order valence-electron chi connectivity index (χ2n) is 4.56. The molecule has 0 fully saturated rings. The van der Waals surface area contributed by atoms with Crippen molar-refractivity contribution in [2.24, 2.45) is 0 Å². The summed E-state index contributed by atoms with van der Waals surface area (Å²) in [6.07, 6.45) is 0.399. The molecule has 4 heteroatoms. The first-order chi connectivity index (χ1) is 10.1. The van der Waals surface area contributed by atoms with Crippen LogP contribution >= 0.6 is 0 Å². The first-order valence-corrected chi connectivity index (χ1v) is 6.33. The van der Waals surface area contributed by atoms with Gasteiger partial charge in [0.15, 0.2) is 0 Å². The molecule has 0 aliphatic heterocycles. The first kappa shape index (κ1) is 14.3. The molecule has 0 spiro atoms. The number of hydrogen-bond acceptors (Lipinski definition) is 4. The summed E-state index contributed by atoms with van der Waals surface area (Å²) in [6, 6.07) is 15.8. The number of rotatable bonds is 4. The van der Waals surface area contributed by atoms with Crippen molar-refractivity contribution in [3.8, 4) is 23.6 Å². The van der Waals surface area contributed by atoms with Crippen molar-refractivity contribution in [1.29, 1.82) is 10.5 Å². The topological polar surface area (TPSA) is 73.9 Å². The highest BCUT2D eigenvalue weighted by Gasteiger charge is 2.05. The first-order valence-electron chi connectivity index (χ1n) is 6.33. The number of carbonyl (C=O) groups is 1. The van der Waals surface area contributed by atoms with Crippen LogP contribution in [-0.4, -0.2) is 5.78 Å². The number of ether oxygens (including phenoxy) is 1. The van der Waals surface area contributed by atoms with E-state index in [4.69, 9.17) is 15.3 Å². The summed E-state index contributed by atoms with van der Waals surface area (Å²) in [5, 5.41) is 17.8. The van der Waals surface area contributed by atoms with Crippen LogP contribution in [0.15, 0.2) is 42.5 Å². The normalized spacial score (nSPS) is 9.48. The molecule has 21 heavy (non-hydrogen) atoms. The number of carbonyl (C=O) groups excluding carboxylic acids is 1. The summed E-state index contributed by atoms with van der Waals surface area (Å²) in [7, 11) is 0. The van der Waals surface area contributed by atoms with Crippen LogP contribution in [0.25, 0.3) is 0 Å². The van der Waals surface area contributed by atoms with Crippen LogP contribution in [0.3, 0.4) is 0 Å². The lowest BCUT2D eigenvalue weighted by Crippen LogP contribution is -1.95. The Kier molecular flexibility index (Phi) is 4.33. The highest BCUT2D eigenvalue weighted by molar-refractivity contribution is 5.78. The molecule has 2 rings (SSSR count). The van der Waals surface area contributed by atoms with Gasteiger partial charge in [0.1, 0.15) is 29.4 Å². The van der Waals surface area contributed by atoms with Gasteiger partial charge in [-0.05, 0) is 42.8 Å². The van der Waals surface area contributed by atoms with Crippen LogP contribution < -0.4 is 4.74 Å². The van der Waals surface area contributed by atoms with Crippen molar-refractivity contribution in [2.75, 3.05) is 0 Å². The van der Waals surface area contributed by atoms with Gasteiger partial charge in [0.2, 0.25) is 0 Å². The predicted molar refractivity (Wildman–Crippen MR) is 76.8 cm³/mol. The van der Waals surface area contributed by atoms with Crippen LogP contribution in [0, 0.1) is 22.7 Å². The van der Waals surface area contributed by atoms with E-state index in [1.807, 2.05) is 24.3 Å². The summed E-state index contributed by atoms with van der Waals surface area (Å²) < 4.78 is 5.63. The third-order valence-electron chi connectivity index (χ3n) is 2.84. The zero-order valence-electron chi connectivity index (χ0n) is 11.5. The lowest BCUT2D eigenvalue weighted by molar-refractivity contribution is -0.116. The number of Topliss-reactive ketones (excluding diaryl/α,β-unsaturated/α-hetero) is 1. The van der Waals surface area contributed by atoms with E-state index in [1.165, 1.54) is 6.07 Å². The third-order valence-corrected chi connectivity index (χ3v) is 2.84. The van der Waals surface area contributed by atoms with Crippen LogP contribution in [0.4, 0.5) is 0 Å². The fourth-order valence-corrected chi connectivity index (χ4v) is 1.88. The Bertz CT molecular complexity index is 750. The van der Waals surface area contributed by atoms with Gasteiger partial charge in [0.05, 0.1) is 11.1 Å². The fraction of sp³-hybridized carbons (Fsp3) is 0.118. The van der Waals surface area contributed by atoms with Gasteiger partial charge in [-0.3, -0.25) is 4.79 Å². The van der Waals surface area contributed by atoms with Crippen LogP contribution in [0.2, 0.25) is 0 Å². The highest BCUT2D eigenvalue weighted by Crippen LogP contribution is 2.24. The quantitative estimate of drug-likeness (QED) is 0.858. The zero-order valence-corrected chi connectivity index (χ0v) is 11.5. The van der Waals surface area contributed by atoms with E-state index < -0.39 is 0 Å². The van der Waals surface area contributed by atoms with Crippen LogP contribution in [0.5, 0.6) is 11.5 Å². The van der Waals surface area contributed by atoms with Crippen LogP contribution in [-0.2, 0) is 11.2 Å². The standard InChI is InChI=1S/C17H12N2O2/c1-12(20)8-13-2-5-16(6-3-13)21-17-7-4-14(10-18)15(9-17)11-19/h2-7,9H,8H2,1H3. The van der Waals surface area contributed by atoms with Gasteiger partial charge in [-0.2, -0.15) is 10.5 Å². The Morgan fingerprint density at radius 3 is 2.19 bits per heavy atom. The molecule has 0 atom stereocenters. The van der Waals surface area contributed by atoms with Crippen molar-refractivity contribution >= 4 is 5.78 Å². The van der Waals surface area contributed by atoms with Gasteiger partial charge < -0.3 is 4.74 Å². The Balaban J connectivity index is 2.17. The summed E-state index contributed by atoms with van der Waals surface area (Å²) in [4.78, 5) is 11.0. The maximum absolute atomic E-state index is 11.0. The van der Waals surface area contributed by atoms with E-state index >= 15 is 0 Å². The van der Waals surface area contributed by atoms with Gasteiger partial charge in [-0.15, -0.1) is 0 Å². The van der Waals surface area contributed by atoms with Crippen LogP contribution in [0.1, 0.15) is 23.6 Å². The van der Waals surface area contributed by atoms with E-state index in [9.17, 15) is 4.79 Å². The summed E-state index contributed by atoms with van der Waals surface area (Å²) >= 11 is 0. The average molecular weight is 276 g/mol. The Labute approximate surface area is 122 Å². The van der Waals surface area contributed by atoms with E-state index in [-0.39, 0.29) is 11.3 Å². The maximum atomic E-state index is 11.0. The molecule has 0 aromatic heterocycles. The molecule has 0 amide bonds. The minimum atomic E-state index is 0.106. The third kappa shape index (κ3) is 3.68. The Morgan fingerprint density at radius 2 is 1.62 bits per heavy atom. The second kappa shape index (κ2) is 6.36. The Morgan fingerprint density at radius 1 is 1.00 bits per heavy atom. The van der Waals surface area contributed by atoms with Crippen molar-refractivity contribution in [3.05, 3.63) is 59.2 Å². The molecule has 0 radical (unpaired) electrons. The van der Waals surface area contributed by atoms with Crippen molar-refractivity contribution < 1.29 is 9.53 Å². The van der Waals surface area contributed by atoms with E-state index in [1.54, 1.807) is 31.2 Å². The molecule has 4 nitrogen and oxygen atoms in total. The van der Waals surface area contributed by atoms with Gasteiger partial charge in [-0.25, -0.2) is 0 Å². The summed E-state index contributed by atoms with van der Waals surface area (Å²) in [6.45, 7) is 1.55. The molecule has 0 saturated carbocycles. The van der Waals surface area contributed by atoms with Gasteiger partial charge in [0.25, 0.3) is 0 Å². The molecule has 0 bridgehead atoms. The minimum Gasteiger partial charge on any atom is -0.457 e. The van der Waals surface area contributed by atoms with Crippen molar-refractivity contribution in [2.45, 2.75) is 13.3 Å². The molecule has 2 aromatic carbocycles. The van der Waals surface area contributed by atoms with E-state index in [0.717, 1.165) is 5.56 Å². The number of hydrogen-bond donors (Lipinski definition) is 0. The maximum Gasteiger partial charge on any atom is 0.134 e. The van der Waals surface area contributed by atoms with Crippen molar-refractivity contribution in [3.63, 3.8) is 0 Å². The van der Waals surface area contributed by atoms with E-state index in [0.29, 0.717) is 23.5 Å². The predicted octanol–water partition coefficient (Wildman–Crippen LogP) is 3.35. The van der Waals surface area contributed by atoms with Crippen molar-refractivity contribution in [1.82, 2.24) is 0 Å². The molecular weight excluding hydrogens is 264 g/mol. The van der Waals surface area contributed by atoms with Gasteiger partial charge in [-0.1, -0.05) is 12.1 Å². The number of ketones is 1. The second-order valence-corrected chi connectivity index (χ2v) is 4.56. The molecule has 0 saturated heterocycles. The van der Waals surface area contributed by atoms with Gasteiger partial charge in [0, 0.05) is 6.42 Å². The van der Waals surface area contributed by atoms with Gasteiger partial charge >= 0.3 is 0 Å². The smallest absolute Gasteiger partial charge is 0.134 e. The Hall–Kier alpha value is -3.11. The molecule has 0 aliphatic carbocycles. The number of benzene rings is 2. The molecule has 0 heterocycles. The lowest BCUT2D eigenvalue weighted by atomic mass is 10.1. The number of nitriles is 2. The summed E-state index contributed by atoms with van der Waals surface area (Å²) in [5.41, 5.74) is 1.53. The molecular formula is C17H12N2O2. The zero-order chi connectivity index (χ0) is 15.2. The summed E-state index contributed by atoms with van der Waals surface area (Å²) in [5.74, 6) is 1.20. The lowest BCUT2D eigenvalue weighted by Gasteiger charge is -2.07. The van der Waals surface area contributed by atoms with E-state index in [2.05, 4.69) is 0 Å². The monoisotopic (exact) mass is 276 g/mol.